The van der Waals surface area contributed by atoms with Crippen molar-refractivity contribution in [1.82, 2.24) is 0 Å². The Morgan fingerprint density at radius 3 is 2.56 bits per heavy atom. The topological polar surface area (TPSA) is 9.23 Å². The highest BCUT2D eigenvalue weighted by Gasteiger charge is 2.49. The zero-order chi connectivity index (χ0) is 11.2. The van der Waals surface area contributed by atoms with Crippen LogP contribution in [0.4, 0.5) is 0 Å². The summed E-state index contributed by atoms with van der Waals surface area (Å²) in [6.45, 7) is 4.76. The molecule has 2 fully saturated rings. The van der Waals surface area contributed by atoms with Gasteiger partial charge in [0.05, 0.1) is 12.2 Å². The van der Waals surface area contributed by atoms with Gasteiger partial charge < -0.3 is 4.74 Å². The minimum atomic E-state index is 0.419. The first-order chi connectivity index (χ1) is 7.68. The van der Waals surface area contributed by atoms with E-state index in [-0.39, 0.29) is 0 Å². The van der Waals surface area contributed by atoms with Gasteiger partial charge in [-0.05, 0) is 44.4 Å². The molecule has 1 nitrogen and oxygen atoms in total. The van der Waals surface area contributed by atoms with Gasteiger partial charge in [0.15, 0.2) is 0 Å². The van der Waals surface area contributed by atoms with Crippen LogP contribution in [0.2, 0.25) is 0 Å². The van der Waals surface area contributed by atoms with Gasteiger partial charge in [0.1, 0.15) is 0 Å². The third-order valence-corrected chi connectivity index (χ3v) is 5.35. The standard InChI is InChI=1S/C15H24O/c1-11(16-14-5-3-4-6-14)15(2)10-12-7-8-13(15)9-12/h7-8,11-14H,3-6,9-10H2,1-2H3. The van der Waals surface area contributed by atoms with E-state index >= 15 is 0 Å². The molecule has 3 aliphatic carbocycles. The second-order valence-electron chi connectivity index (χ2n) is 6.38. The van der Waals surface area contributed by atoms with Gasteiger partial charge in [-0.3, -0.25) is 0 Å². The molecule has 0 N–H and O–H groups in total. The third-order valence-electron chi connectivity index (χ3n) is 5.35. The molecule has 1 heteroatoms. The number of hydrogen-bond acceptors (Lipinski definition) is 1. The molecule has 0 aromatic rings. The van der Waals surface area contributed by atoms with Crippen LogP contribution in [-0.4, -0.2) is 12.2 Å². The number of ether oxygens (including phenoxy) is 1. The van der Waals surface area contributed by atoms with Crippen molar-refractivity contribution in [2.75, 3.05) is 0 Å². The van der Waals surface area contributed by atoms with Crippen LogP contribution in [0.15, 0.2) is 12.2 Å². The number of rotatable bonds is 3. The van der Waals surface area contributed by atoms with Gasteiger partial charge in [-0.2, -0.15) is 0 Å². The van der Waals surface area contributed by atoms with Crippen molar-refractivity contribution in [2.24, 2.45) is 17.3 Å². The molecule has 0 aromatic carbocycles. The molecule has 2 saturated carbocycles. The Hall–Kier alpha value is -0.300. The molecule has 2 bridgehead atoms. The van der Waals surface area contributed by atoms with Crippen molar-refractivity contribution in [3.05, 3.63) is 12.2 Å². The second kappa shape index (κ2) is 3.87. The van der Waals surface area contributed by atoms with Crippen LogP contribution in [0.5, 0.6) is 0 Å². The molecule has 0 heterocycles. The largest absolute Gasteiger partial charge is 0.375 e. The molecule has 0 saturated heterocycles. The fourth-order valence-corrected chi connectivity index (χ4v) is 4.07. The van der Waals surface area contributed by atoms with Gasteiger partial charge in [-0.15, -0.1) is 0 Å². The summed E-state index contributed by atoms with van der Waals surface area (Å²) in [7, 11) is 0. The smallest absolute Gasteiger partial charge is 0.0610 e. The summed E-state index contributed by atoms with van der Waals surface area (Å²) in [6, 6.07) is 0. The molecular formula is C15H24O. The molecule has 16 heavy (non-hydrogen) atoms. The summed E-state index contributed by atoms with van der Waals surface area (Å²) in [5, 5.41) is 0. The monoisotopic (exact) mass is 220 g/mol. The minimum Gasteiger partial charge on any atom is -0.375 e. The number of fused-ring (bicyclic) bond motifs is 2. The fraction of sp³-hybridized carbons (Fsp3) is 0.867. The molecule has 0 radical (unpaired) electrons. The Kier molecular flexibility index (Phi) is 2.62. The van der Waals surface area contributed by atoms with Crippen molar-refractivity contribution in [2.45, 2.75) is 64.6 Å². The average Bonchev–Trinajstić information content (AvgIpc) is 2.92. The lowest BCUT2D eigenvalue weighted by Gasteiger charge is -2.38. The number of allylic oxidation sites excluding steroid dienone is 2. The molecule has 0 amide bonds. The van der Waals surface area contributed by atoms with Gasteiger partial charge in [0, 0.05) is 5.41 Å². The molecule has 90 valence electrons. The van der Waals surface area contributed by atoms with Gasteiger partial charge in [-0.1, -0.05) is 31.9 Å². The van der Waals surface area contributed by atoms with Gasteiger partial charge in [-0.25, -0.2) is 0 Å². The highest BCUT2D eigenvalue weighted by molar-refractivity contribution is 5.15. The van der Waals surface area contributed by atoms with E-state index in [1.54, 1.807) is 0 Å². The third kappa shape index (κ3) is 1.64. The van der Waals surface area contributed by atoms with Crippen molar-refractivity contribution in [3.63, 3.8) is 0 Å². The number of hydrogen-bond donors (Lipinski definition) is 0. The SMILES string of the molecule is CC(OC1CCCC1)C1(C)CC2C=CC1C2. The quantitative estimate of drug-likeness (QED) is 0.655. The lowest BCUT2D eigenvalue weighted by molar-refractivity contribution is -0.0742. The van der Waals surface area contributed by atoms with E-state index < -0.39 is 0 Å². The van der Waals surface area contributed by atoms with E-state index in [4.69, 9.17) is 4.74 Å². The summed E-state index contributed by atoms with van der Waals surface area (Å²) < 4.78 is 6.32. The zero-order valence-corrected chi connectivity index (χ0v) is 10.6. The average molecular weight is 220 g/mol. The van der Waals surface area contributed by atoms with E-state index in [1.807, 2.05) is 0 Å². The molecule has 3 aliphatic rings. The maximum atomic E-state index is 6.32. The van der Waals surface area contributed by atoms with E-state index in [1.165, 1.54) is 38.5 Å². The predicted octanol–water partition coefficient (Wildman–Crippen LogP) is 3.94. The summed E-state index contributed by atoms with van der Waals surface area (Å²) in [6.07, 6.45) is 14.0. The van der Waals surface area contributed by atoms with Gasteiger partial charge in [0.25, 0.3) is 0 Å². The van der Waals surface area contributed by atoms with E-state index in [0.717, 1.165) is 11.8 Å². The van der Waals surface area contributed by atoms with Crippen LogP contribution < -0.4 is 0 Å². The molecule has 3 rings (SSSR count). The molecule has 0 aromatic heterocycles. The maximum Gasteiger partial charge on any atom is 0.0610 e. The maximum absolute atomic E-state index is 6.32. The fourth-order valence-electron chi connectivity index (χ4n) is 4.07. The lowest BCUT2D eigenvalue weighted by Crippen LogP contribution is -2.37. The highest BCUT2D eigenvalue weighted by atomic mass is 16.5. The van der Waals surface area contributed by atoms with Crippen LogP contribution in [0.3, 0.4) is 0 Å². The van der Waals surface area contributed by atoms with E-state index in [9.17, 15) is 0 Å². The Morgan fingerprint density at radius 2 is 2.00 bits per heavy atom. The Balaban J connectivity index is 1.65. The molecule has 4 unspecified atom stereocenters. The van der Waals surface area contributed by atoms with Crippen molar-refractivity contribution in [1.29, 1.82) is 0 Å². The first-order valence-electron chi connectivity index (χ1n) is 7.02. The van der Waals surface area contributed by atoms with Crippen LogP contribution in [-0.2, 0) is 4.74 Å². The molecule has 4 atom stereocenters. The first-order valence-corrected chi connectivity index (χ1v) is 7.02. The summed E-state index contributed by atoms with van der Waals surface area (Å²) in [5.41, 5.74) is 0.419. The summed E-state index contributed by atoms with van der Waals surface area (Å²) >= 11 is 0. The second-order valence-corrected chi connectivity index (χ2v) is 6.38. The highest BCUT2D eigenvalue weighted by Crippen LogP contribution is 2.54. The van der Waals surface area contributed by atoms with Crippen LogP contribution >= 0.6 is 0 Å². The molecule has 0 aliphatic heterocycles. The van der Waals surface area contributed by atoms with Crippen LogP contribution in [0.25, 0.3) is 0 Å². The first kappa shape index (κ1) is 10.8. The Labute approximate surface area is 99.3 Å². The molecule has 0 spiro atoms. The summed E-state index contributed by atoms with van der Waals surface area (Å²) in [5.74, 6) is 1.64. The van der Waals surface area contributed by atoms with Crippen LogP contribution in [0.1, 0.15) is 52.4 Å². The summed E-state index contributed by atoms with van der Waals surface area (Å²) in [4.78, 5) is 0. The van der Waals surface area contributed by atoms with E-state index in [0.29, 0.717) is 17.6 Å². The van der Waals surface area contributed by atoms with Gasteiger partial charge in [0.2, 0.25) is 0 Å². The van der Waals surface area contributed by atoms with Crippen molar-refractivity contribution in [3.8, 4) is 0 Å². The Morgan fingerprint density at radius 1 is 1.25 bits per heavy atom. The molecular weight excluding hydrogens is 196 g/mol. The van der Waals surface area contributed by atoms with Crippen molar-refractivity contribution < 1.29 is 4.74 Å². The van der Waals surface area contributed by atoms with Crippen LogP contribution in [0, 0.1) is 17.3 Å². The minimum absolute atomic E-state index is 0.419. The lowest BCUT2D eigenvalue weighted by atomic mass is 9.73. The normalized spacial score (nSPS) is 44.4. The Bertz CT molecular complexity index is 290. The van der Waals surface area contributed by atoms with E-state index in [2.05, 4.69) is 26.0 Å². The van der Waals surface area contributed by atoms with Crippen molar-refractivity contribution >= 4 is 0 Å². The zero-order valence-electron chi connectivity index (χ0n) is 10.6. The predicted molar refractivity (Wildman–Crippen MR) is 66.3 cm³/mol. The van der Waals surface area contributed by atoms with Gasteiger partial charge >= 0.3 is 0 Å².